The van der Waals surface area contributed by atoms with Crippen LogP contribution in [0.25, 0.3) is 21.8 Å². The molecule has 4 aromatic rings. The van der Waals surface area contributed by atoms with Crippen LogP contribution in [0, 0.1) is 0 Å². The fourth-order valence-electron chi connectivity index (χ4n) is 4.57. The summed E-state index contributed by atoms with van der Waals surface area (Å²) in [7, 11) is 0. The first-order valence-corrected chi connectivity index (χ1v) is 10.9. The fraction of sp³-hybridized carbons (Fsp3) is 0.308. The van der Waals surface area contributed by atoms with Crippen molar-refractivity contribution in [2.24, 2.45) is 9.98 Å². The van der Waals surface area contributed by atoms with Crippen LogP contribution in [0.2, 0.25) is 0 Å². The minimum absolute atomic E-state index is 0.240. The molecule has 0 bridgehead atoms. The summed E-state index contributed by atoms with van der Waals surface area (Å²) in [4.78, 5) is 17.3. The summed E-state index contributed by atoms with van der Waals surface area (Å²) in [6, 6.07) is 21.7. The molecule has 152 valence electrons. The van der Waals surface area contributed by atoms with Crippen LogP contribution < -0.4 is 0 Å². The second-order valence-electron chi connectivity index (χ2n) is 8.39. The van der Waals surface area contributed by atoms with E-state index in [4.69, 9.17) is 9.98 Å². The number of fused-ring (bicyclic) bond motifs is 2. The van der Waals surface area contributed by atoms with Crippen molar-refractivity contribution in [3.05, 3.63) is 72.1 Å². The third-order valence-corrected chi connectivity index (χ3v) is 6.25. The molecule has 2 N–H and O–H groups in total. The van der Waals surface area contributed by atoms with Crippen molar-refractivity contribution in [3.8, 4) is 0 Å². The zero-order valence-corrected chi connectivity index (χ0v) is 17.7. The molecule has 2 atom stereocenters. The first-order valence-electron chi connectivity index (χ1n) is 10.9. The van der Waals surface area contributed by atoms with E-state index in [0.29, 0.717) is 0 Å². The van der Waals surface area contributed by atoms with Gasteiger partial charge in [-0.1, -0.05) is 49.2 Å². The lowest BCUT2D eigenvalue weighted by Gasteiger charge is -2.26. The van der Waals surface area contributed by atoms with E-state index in [-0.39, 0.29) is 12.1 Å². The van der Waals surface area contributed by atoms with Gasteiger partial charge >= 0.3 is 0 Å². The van der Waals surface area contributed by atoms with Gasteiger partial charge in [0.25, 0.3) is 0 Å². The van der Waals surface area contributed by atoms with Crippen molar-refractivity contribution >= 4 is 33.2 Å². The van der Waals surface area contributed by atoms with Gasteiger partial charge in [-0.15, -0.1) is 0 Å². The van der Waals surface area contributed by atoms with E-state index in [2.05, 4.69) is 84.5 Å². The Labute approximate surface area is 177 Å². The van der Waals surface area contributed by atoms with E-state index >= 15 is 0 Å². The Morgan fingerprint density at radius 1 is 0.700 bits per heavy atom. The Balaban J connectivity index is 1.42. The molecule has 1 aliphatic carbocycles. The molecule has 2 unspecified atom stereocenters. The first-order chi connectivity index (χ1) is 14.7. The van der Waals surface area contributed by atoms with Gasteiger partial charge in [-0.05, 0) is 51.0 Å². The smallest absolute Gasteiger partial charge is 0.0727 e. The largest absolute Gasteiger partial charge is 0.354 e. The minimum atomic E-state index is 0.240. The number of rotatable bonds is 4. The molecule has 0 spiro atoms. The molecule has 1 saturated carbocycles. The molecular formula is C26H28N4. The van der Waals surface area contributed by atoms with Gasteiger partial charge in [0.1, 0.15) is 0 Å². The highest BCUT2D eigenvalue weighted by atomic mass is 14.9. The first kappa shape index (κ1) is 18.9. The molecule has 0 saturated heterocycles. The summed E-state index contributed by atoms with van der Waals surface area (Å²) < 4.78 is 0. The predicted octanol–water partition coefficient (Wildman–Crippen LogP) is 6.28. The van der Waals surface area contributed by atoms with Crippen LogP contribution in [0.1, 0.15) is 50.9 Å². The van der Waals surface area contributed by atoms with Crippen molar-refractivity contribution in [2.45, 2.75) is 51.6 Å². The van der Waals surface area contributed by atoms with Gasteiger partial charge in [0.05, 0.1) is 34.9 Å². The number of para-hydroxylation sites is 2. The molecular weight excluding hydrogens is 368 g/mol. The zero-order valence-electron chi connectivity index (χ0n) is 17.7. The van der Waals surface area contributed by atoms with Crippen LogP contribution in [-0.4, -0.2) is 33.5 Å². The highest BCUT2D eigenvalue weighted by Crippen LogP contribution is 2.26. The molecule has 2 aromatic carbocycles. The van der Waals surface area contributed by atoms with Crippen molar-refractivity contribution in [1.29, 1.82) is 0 Å². The molecule has 0 amide bonds. The number of nitrogens with zero attached hydrogens (tertiary/aromatic N) is 2. The number of aromatic nitrogens is 2. The van der Waals surface area contributed by atoms with Gasteiger partial charge in [0, 0.05) is 21.8 Å². The molecule has 4 heteroatoms. The van der Waals surface area contributed by atoms with Crippen LogP contribution in [0.4, 0.5) is 0 Å². The van der Waals surface area contributed by atoms with Gasteiger partial charge in [-0.25, -0.2) is 0 Å². The molecule has 2 aromatic heterocycles. The summed E-state index contributed by atoms with van der Waals surface area (Å²) in [6.45, 7) is 4.23. The van der Waals surface area contributed by atoms with Crippen LogP contribution in [0.15, 0.2) is 70.6 Å². The van der Waals surface area contributed by atoms with Crippen molar-refractivity contribution in [2.75, 3.05) is 0 Å². The standard InChI is InChI=1S/C26H28N4/c1-17(25-15-19-9-3-5-11-21(19)29-25)27-23-13-7-8-14-24(23)28-18(2)26-16-20-10-4-6-12-22(20)30-26/h3-6,9-12,15-16,23-24,29-30H,7-8,13-14H2,1-2H3. The topological polar surface area (TPSA) is 56.3 Å². The van der Waals surface area contributed by atoms with Gasteiger partial charge < -0.3 is 9.97 Å². The lowest BCUT2D eigenvalue weighted by molar-refractivity contribution is 0.388. The summed E-state index contributed by atoms with van der Waals surface area (Å²) >= 11 is 0. The molecule has 1 aliphatic rings. The third kappa shape index (κ3) is 3.70. The average Bonchev–Trinajstić information content (AvgIpc) is 3.39. The van der Waals surface area contributed by atoms with Crippen LogP contribution in [-0.2, 0) is 0 Å². The van der Waals surface area contributed by atoms with Crippen molar-refractivity contribution < 1.29 is 0 Å². The molecule has 5 rings (SSSR count). The predicted molar refractivity (Wildman–Crippen MR) is 127 cm³/mol. The van der Waals surface area contributed by atoms with Crippen molar-refractivity contribution in [3.63, 3.8) is 0 Å². The summed E-state index contributed by atoms with van der Waals surface area (Å²) in [5.74, 6) is 0. The number of benzene rings is 2. The highest BCUT2D eigenvalue weighted by Gasteiger charge is 2.25. The van der Waals surface area contributed by atoms with Crippen LogP contribution in [0.5, 0.6) is 0 Å². The molecule has 2 heterocycles. The fourth-order valence-corrected chi connectivity index (χ4v) is 4.57. The maximum Gasteiger partial charge on any atom is 0.0727 e. The lowest BCUT2D eigenvalue weighted by Crippen LogP contribution is -2.29. The van der Waals surface area contributed by atoms with E-state index < -0.39 is 0 Å². The maximum atomic E-state index is 5.14. The number of hydrogen-bond acceptors (Lipinski definition) is 2. The Morgan fingerprint density at radius 3 is 1.57 bits per heavy atom. The Hall–Kier alpha value is -3.14. The number of H-pyrrole nitrogens is 2. The van der Waals surface area contributed by atoms with E-state index in [1.807, 2.05) is 0 Å². The number of hydrogen-bond donors (Lipinski definition) is 2. The number of nitrogens with one attached hydrogen (secondary N) is 2. The second kappa shape index (κ2) is 7.94. The third-order valence-electron chi connectivity index (χ3n) is 6.25. The van der Waals surface area contributed by atoms with Crippen LogP contribution in [0.3, 0.4) is 0 Å². The normalized spacial score (nSPS) is 20.9. The Morgan fingerprint density at radius 2 is 1.13 bits per heavy atom. The second-order valence-corrected chi connectivity index (χ2v) is 8.39. The van der Waals surface area contributed by atoms with Gasteiger partial charge in [0.15, 0.2) is 0 Å². The lowest BCUT2D eigenvalue weighted by atomic mass is 9.90. The summed E-state index contributed by atoms with van der Waals surface area (Å²) in [6.07, 6.45) is 4.66. The molecule has 0 aliphatic heterocycles. The van der Waals surface area contributed by atoms with Crippen LogP contribution >= 0.6 is 0 Å². The Bertz CT molecular complexity index is 1080. The van der Waals surface area contributed by atoms with Crippen molar-refractivity contribution in [1.82, 2.24) is 9.97 Å². The maximum absolute atomic E-state index is 5.14. The molecule has 30 heavy (non-hydrogen) atoms. The van der Waals surface area contributed by atoms with E-state index in [1.54, 1.807) is 0 Å². The van der Waals surface area contributed by atoms with Gasteiger partial charge in [-0.2, -0.15) is 0 Å². The van der Waals surface area contributed by atoms with Gasteiger partial charge in [0.2, 0.25) is 0 Å². The molecule has 0 radical (unpaired) electrons. The van der Waals surface area contributed by atoms with E-state index in [9.17, 15) is 0 Å². The van der Waals surface area contributed by atoms with E-state index in [1.165, 1.54) is 23.6 Å². The SMILES string of the molecule is CC(=NC1CCCCC1N=C(C)c1cc2ccccc2[nH]1)c1cc2ccccc2[nH]1. The van der Waals surface area contributed by atoms with Gasteiger partial charge in [-0.3, -0.25) is 9.98 Å². The summed E-state index contributed by atoms with van der Waals surface area (Å²) in [5, 5.41) is 2.46. The minimum Gasteiger partial charge on any atom is -0.354 e. The molecule has 4 nitrogen and oxygen atoms in total. The summed E-state index contributed by atoms with van der Waals surface area (Å²) in [5.41, 5.74) is 6.68. The highest BCUT2D eigenvalue weighted by molar-refractivity contribution is 6.02. The van der Waals surface area contributed by atoms with E-state index in [0.717, 1.165) is 46.7 Å². The quantitative estimate of drug-likeness (QED) is 0.382. The zero-order chi connectivity index (χ0) is 20.5. The number of aliphatic imine (C=N–C) groups is 2. The number of aromatic amines is 2. The molecule has 1 fully saturated rings. The average molecular weight is 397 g/mol. The monoisotopic (exact) mass is 396 g/mol. The Kier molecular flexibility index (Phi) is 4.99.